The van der Waals surface area contributed by atoms with Crippen molar-refractivity contribution in [1.29, 1.82) is 0 Å². The standard InChI is InChI=1S/C14H23N3O3/c1-4-15-12-9-11(10-18-2)16-13(17-12)14(19-3)5-7-20-8-6-14/h9H,4-8,10H2,1-3H3,(H,15,16,17). The quantitative estimate of drug-likeness (QED) is 0.856. The van der Waals surface area contributed by atoms with Crippen molar-refractivity contribution in [1.82, 2.24) is 9.97 Å². The van der Waals surface area contributed by atoms with Crippen LogP contribution in [0.1, 0.15) is 31.3 Å². The van der Waals surface area contributed by atoms with Gasteiger partial charge >= 0.3 is 0 Å². The average molecular weight is 281 g/mol. The fourth-order valence-electron chi connectivity index (χ4n) is 2.41. The number of ether oxygens (including phenoxy) is 3. The molecule has 1 aliphatic heterocycles. The van der Waals surface area contributed by atoms with Crippen LogP contribution in [0.3, 0.4) is 0 Å². The molecule has 2 heterocycles. The van der Waals surface area contributed by atoms with E-state index in [1.54, 1.807) is 14.2 Å². The molecule has 1 aliphatic rings. The number of hydrogen-bond donors (Lipinski definition) is 1. The molecule has 6 nitrogen and oxygen atoms in total. The van der Waals surface area contributed by atoms with Crippen molar-refractivity contribution >= 4 is 5.82 Å². The molecule has 0 aliphatic carbocycles. The van der Waals surface area contributed by atoms with E-state index in [-0.39, 0.29) is 0 Å². The van der Waals surface area contributed by atoms with Gasteiger partial charge in [-0.3, -0.25) is 0 Å². The molecule has 2 rings (SSSR count). The van der Waals surface area contributed by atoms with Gasteiger partial charge in [-0.2, -0.15) is 0 Å². The largest absolute Gasteiger partial charge is 0.381 e. The molecule has 1 aromatic rings. The fourth-order valence-corrected chi connectivity index (χ4v) is 2.41. The minimum absolute atomic E-state index is 0.452. The second kappa shape index (κ2) is 6.97. The summed E-state index contributed by atoms with van der Waals surface area (Å²) in [7, 11) is 3.37. The van der Waals surface area contributed by atoms with Gasteiger partial charge in [-0.05, 0) is 6.92 Å². The Morgan fingerprint density at radius 2 is 2.05 bits per heavy atom. The van der Waals surface area contributed by atoms with E-state index in [0.717, 1.165) is 30.9 Å². The van der Waals surface area contributed by atoms with Crippen molar-refractivity contribution in [2.24, 2.45) is 0 Å². The van der Waals surface area contributed by atoms with Crippen LogP contribution < -0.4 is 5.32 Å². The van der Waals surface area contributed by atoms with Crippen LogP contribution in [0.4, 0.5) is 5.82 Å². The number of methoxy groups -OCH3 is 2. The molecule has 0 spiro atoms. The molecular weight excluding hydrogens is 258 g/mol. The molecule has 0 amide bonds. The van der Waals surface area contributed by atoms with Gasteiger partial charge in [0.05, 0.1) is 12.3 Å². The van der Waals surface area contributed by atoms with Crippen molar-refractivity contribution in [2.75, 3.05) is 39.3 Å². The number of nitrogens with one attached hydrogen (secondary N) is 1. The molecule has 1 saturated heterocycles. The maximum absolute atomic E-state index is 5.76. The predicted octanol–water partition coefficient (Wildman–Crippen LogP) is 1.71. The molecule has 0 aromatic carbocycles. The van der Waals surface area contributed by atoms with Gasteiger partial charge in [0.15, 0.2) is 5.82 Å². The molecule has 0 bridgehead atoms. The van der Waals surface area contributed by atoms with Crippen molar-refractivity contribution in [3.05, 3.63) is 17.6 Å². The van der Waals surface area contributed by atoms with E-state index in [1.165, 1.54) is 0 Å². The maximum atomic E-state index is 5.76. The van der Waals surface area contributed by atoms with Crippen LogP contribution in [0.15, 0.2) is 6.07 Å². The zero-order valence-corrected chi connectivity index (χ0v) is 12.4. The van der Waals surface area contributed by atoms with Crippen LogP contribution in [0.2, 0.25) is 0 Å². The molecule has 0 saturated carbocycles. The highest BCUT2D eigenvalue weighted by Crippen LogP contribution is 2.34. The Bertz CT molecular complexity index is 409. The van der Waals surface area contributed by atoms with E-state index in [4.69, 9.17) is 14.2 Å². The Hall–Kier alpha value is -1.24. The van der Waals surface area contributed by atoms with Gasteiger partial charge < -0.3 is 19.5 Å². The fraction of sp³-hybridized carbons (Fsp3) is 0.714. The first-order chi connectivity index (χ1) is 9.74. The lowest BCUT2D eigenvalue weighted by Gasteiger charge is -2.34. The molecule has 1 aromatic heterocycles. The zero-order valence-electron chi connectivity index (χ0n) is 12.4. The SMILES string of the molecule is CCNc1cc(COC)nc(C2(OC)CCOCC2)n1. The molecule has 112 valence electrons. The van der Waals surface area contributed by atoms with Gasteiger partial charge in [-0.15, -0.1) is 0 Å². The van der Waals surface area contributed by atoms with Gasteiger partial charge in [-0.25, -0.2) is 9.97 Å². The van der Waals surface area contributed by atoms with Crippen molar-refractivity contribution in [3.63, 3.8) is 0 Å². The lowest BCUT2D eigenvalue weighted by molar-refractivity contribution is -0.100. The van der Waals surface area contributed by atoms with Crippen molar-refractivity contribution < 1.29 is 14.2 Å². The molecule has 1 fully saturated rings. The molecule has 0 atom stereocenters. The maximum Gasteiger partial charge on any atom is 0.163 e. The molecule has 0 unspecified atom stereocenters. The summed E-state index contributed by atoms with van der Waals surface area (Å²) >= 11 is 0. The highest BCUT2D eigenvalue weighted by Gasteiger charge is 2.37. The zero-order chi connectivity index (χ0) is 14.4. The van der Waals surface area contributed by atoms with Crippen LogP contribution in [0.25, 0.3) is 0 Å². The van der Waals surface area contributed by atoms with E-state index < -0.39 is 5.60 Å². The summed E-state index contributed by atoms with van der Waals surface area (Å²) in [6.45, 7) is 4.65. The van der Waals surface area contributed by atoms with Crippen LogP contribution in [0.5, 0.6) is 0 Å². The summed E-state index contributed by atoms with van der Waals surface area (Å²) in [5, 5.41) is 3.23. The summed E-state index contributed by atoms with van der Waals surface area (Å²) in [6, 6.07) is 1.92. The number of hydrogen-bond acceptors (Lipinski definition) is 6. The first-order valence-corrected chi connectivity index (χ1v) is 6.98. The van der Waals surface area contributed by atoms with Gasteiger partial charge in [0.2, 0.25) is 0 Å². The summed E-state index contributed by atoms with van der Waals surface area (Å²) in [6.07, 6.45) is 1.54. The number of nitrogens with zero attached hydrogens (tertiary/aromatic N) is 2. The second-order valence-corrected chi connectivity index (χ2v) is 4.84. The highest BCUT2D eigenvalue weighted by atomic mass is 16.5. The Kier molecular flexibility index (Phi) is 5.28. The minimum atomic E-state index is -0.452. The third-order valence-corrected chi connectivity index (χ3v) is 3.53. The van der Waals surface area contributed by atoms with E-state index in [0.29, 0.717) is 25.6 Å². The van der Waals surface area contributed by atoms with Gasteiger partial charge in [0.1, 0.15) is 11.4 Å². The topological polar surface area (TPSA) is 65.5 Å². The summed E-state index contributed by atoms with van der Waals surface area (Å²) in [5.41, 5.74) is 0.406. The van der Waals surface area contributed by atoms with Gasteiger partial charge in [0.25, 0.3) is 0 Å². The predicted molar refractivity (Wildman–Crippen MR) is 75.6 cm³/mol. The first-order valence-electron chi connectivity index (χ1n) is 6.98. The number of aromatic nitrogens is 2. The Balaban J connectivity index is 2.36. The Morgan fingerprint density at radius 1 is 1.30 bits per heavy atom. The van der Waals surface area contributed by atoms with Crippen LogP contribution in [-0.4, -0.2) is 43.9 Å². The monoisotopic (exact) mass is 281 g/mol. The van der Waals surface area contributed by atoms with Crippen LogP contribution in [0, 0.1) is 0 Å². The van der Waals surface area contributed by atoms with E-state index >= 15 is 0 Å². The van der Waals surface area contributed by atoms with Crippen molar-refractivity contribution in [3.8, 4) is 0 Å². The highest BCUT2D eigenvalue weighted by molar-refractivity contribution is 5.36. The number of anilines is 1. The van der Waals surface area contributed by atoms with Crippen LogP contribution in [-0.2, 0) is 26.4 Å². The third-order valence-electron chi connectivity index (χ3n) is 3.53. The normalized spacial score (nSPS) is 17.9. The van der Waals surface area contributed by atoms with Crippen molar-refractivity contribution in [2.45, 2.75) is 32.0 Å². The van der Waals surface area contributed by atoms with Gasteiger partial charge in [0, 0.05) is 52.9 Å². The van der Waals surface area contributed by atoms with E-state index in [1.807, 2.05) is 13.0 Å². The third kappa shape index (κ3) is 3.26. The second-order valence-electron chi connectivity index (χ2n) is 4.84. The van der Waals surface area contributed by atoms with Crippen LogP contribution >= 0.6 is 0 Å². The lowest BCUT2D eigenvalue weighted by atomic mass is 9.93. The summed E-state index contributed by atoms with van der Waals surface area (Å²) < 4.78 is 16.4. The lowest BCUT2D eigenvalue weighted by Crippen LogP contribution is -2.37. The minimum Gasteiger partial charge on any atom is -0.381 e. The number of rotatable bonds is 6. The Morgan fingerprint density at radius 3 is 2.65 bits per heavy atom. The molecule has 20 heavy (non-hydrogen) atoms. The van der Waals surface area contributed by atoms with E-state index in [9.17, 15) is 0 Å². The molecular formula is C14H23N3O3. The summed E-state index contributed by atoms with van der Waals surface area (Å²) in [4.78, 5) is 9.23. The summed E-state index contributed by atoms with van der Waals surface area (Å²) in [5.74, 6) is 1.53. The molecule has 0 radical (unpaired) electrons. The Labute approximate surface area is 119 Å². The smallest absolute Gasteiger partial charge is 0.163 e. The van der Waals surface area contributed by atoms with Gasteiger partial charge in [-0.1, -0.05) is 0 Å². The first kappa shape index (κ1) is 15.2. The molecule has 6 heteroatoms. The van der Waals surface area contributed by atoms with E-state index in [2.05, 4.69) is 15.3 Å². The molecule has 1 N–H and O–H groups in total. The average Bonchev–Trinajstić information content (AvgIpc) is 2.48.